The van der Waals surface area contributed by atoms with Gasteiger partial charge in [-0.1, -0.05) is 0 Å². The molecule has 0 radical (unpaired) electrons. The number of pyridine rings is 1. The zero-order chi connectivity index (χ0) is 21.7. The Hall–Kier alpha value is -3.35. The highest BCUT2D eigenvalue weighted by atomic mass is 19.1. The lowest BCUT2D eigenvalue weighted by Gasteiger charge is -2.29. The molecule has 1 aliphatic heterocycles. The van der Waals surface area contributed by atoms with Gasteiger partial charge in [-0.05, 0) is 79.9 Å². The van der Waals surface area contributed by atoms with Crippen molar-refractivity contribution in [3.05, 3.63) is 77.3 Å². The maximum absolute atomic E-state index is 13.2. The van der Waals surface area contributed by atoms with E-state index < -0.39 is 5.54 Å². The lowest BCUT2D eigenvalue weighted by atomic mass is 10.0. The van der Waals surface area contributed by atoms with Gasteiger partial charge < -0.3 is 10.2 Å². The van der Waals surface area contributed by atoms with E-state index in [1.807, 2.05) is 18.3 Å². The highest BCUT2D eigenvalue weighted by Crippen LogP contribution is 2.46. The summed E-state index contributed by atoms with van der Waals surface area (Å²) in [4.78, 5) is 28.2. The Morgan fingerprint density at radius 2 is 1.91 bits per heavy atom. The fourth-order valence-electron chi connectivity index (χ4n) is 4.52. The van der Waals surface area contributed by atoms with Gasteiger partial charge in [-0.3, -0.25) is 9.78 Å². The van der Waals surface area contributed by atoms with Gasteiger partial charge >= 0.3 is 5.82 Å². The third kappa shape index (κ3) is 3.51. The first-order valence-corrected chi connectivity index (χ1v) is 11.4. The van der Waals surface area contributed by atoms with Crippen LogP contribution in [0.25, 0.3) is 0 Å². The van der Waals surface area contributed by atoms with Crippen LogP contribution >= 0.6 is 0 Å². The summed E-state index contributed by atoms with van der Waals surface area (Å²) in [7, 11) is 0. The number of benzene rings is 1. The monoisotopic (exact) mass is 430 g/mol. The Kier molecular flexibility index (Phi) is 4.45. The first-order chi connectivity index (χ1) is 15.6. The molecule has 2 fully saturated rings. The van der Waals surface area contributed by atoms with E-state index in [9.17, 15) is 9.18 Å². The number of halogens is 1. The summed E-state index contributed by atoms with van der Waals surface area (Å²) in [6.07, 6.45) is 8.04. The normalized spacial score (nSPS) is 18.7. The Balaban J connectivity index is 1.26. The molecule has 2 aliphatic carbocycles. The van der Waals surface area contributed by atoms with Crippen LogP contribution in [-0.2, 0) is 12.0 Å². The van der Waals surface area contributed by atoms with Crippen molar-refractivity contribution in [1.29, 1.82) is 0 Å². The zero-order valence-corrected chi connectivity index (χ0v) is 17.8. The molecule has 0 saturated heterocycles. The number of nitrogens with one attached hydrogen (secondary N) is 2. The van der Waals surface area contributed by atoms with Crippen molar-refractivity contribution < 1.29 is 14.2 Å². The van der Waals surface area contributed by atoms with Crippen LogP contribution in [0.2, 0.25) is 0 Å². The summed E-state index contributed by atoms with van der Waals surface area (Å²) in [6.45, 7) is 0.918. The van der Waals surface area contributed by atoms with Gasteiger partial charge in [0.2, 0.25) is 0 Å². The highest BCUT2D eigenvalue weighted by molar-refractivity contribution is 5.95. The van der Waals surface area contributed by atoms with Crippen molar-refractivity contribution in [2.24, 2.45) is 0 Å². The molecule has 32 heavy (non-hydrogen) atoms. The molecule has 0 bridgehead atoms. The van der Waals surface area contributed by atoms with E-state index in [2.05, 4.69) is 21.3 Å². The predicted octanol–water partition coefficient (Wildman–Crippen LogP) is 3.81. The molecule has 1 aromatic carbocycles. The van der Waals surface area contributed by atoms with Gasteiger partial charge in [-0.15, -0.1) is 0 Å². The van der Waals surface area contributed by atoms with E-state index in [0.717, 1.165) is 60.9 Å². The fraction of sp³-hybridized carbons (Fsp3) is 0.360. The van der Waals surface area contributed by atoms with Gasteiger partial charge in [-0.2, -0.15) is 0 Å². The summed E-state index contributed by atoms with van der Waals surface area (Å²) in [5.74, 6) is 2.06. The topological polar surface area (TPSA) is 72.3 Å². The average molecular weight is 431 g/mol. The number of hydrogen-bond donors (Lipinski definition) is 1. The van der Waals surface area contributed by atoms with Crippen LogP contribution < -0.4 is 15.2 Å². The summed E-state index contributed by atoms with van der Waals surface area (Å²) in [5.41, 5.74) is 3.09. The second-order valence-corrected chi connectivity index (χ2v) is 9.07. The minimum absolute atomic E-state index is 0.194. The van der Waals surface area contributed by atoms with Crippen LogP contribution in [0.15, 0.2) is 48.7 Å². The molecule has 0 unspecified atom stereocenters. The van der Waals surface area contributed by atoms with Crippen LogP contribution in [0.3, 0.4) is 0 Å². The van der Waals surface area contributed by atoms with Crippen LogP contribution in [0.5, 0.6) is 0 Å². The first kappa shape index (κ1) is 19.3. The second-order valence-electron chi connectivity index (χ2n) is 9.07. The van der Waals surface area contributed by atoms with Crippen LogP contribution in [0.4, 0.5) is 15.9 Å². The number of aromatic amines is 1. The van der Waals surface area contributed by atoms with Crippen LogP contribution in [0, 0.1) is 5.82 Å². The highest BCUT2D eigenvalue weighted by Gasteiger charge is 2.47. The Morgan fingerprint density at radius 3 is 2.66 bits per heavy atom. The fourth-order valence-corrected chi connectivity index (χ4v) is 4.52. The molecular formula is C25H25FN5O+. The van der Waals surface area contributed by atoms with Crippen molar-refractivity contribution in [3.8, 4) is 0 Å². The largest absolute Gasteiger partial charge is 0.341 e. The summed E-state index contributed by atoms with van der Waals surface area (Å²) in [5, 5.41) is 3.14. The third-order valence-corrected chi connectivity index (χ3v) is 6.67. The van der Waals surface area contributed by atoms with Gasteiger partial charge in [0.25, 0.3) is 11.7 Å². The van der Waals surface area contributed by atoms with Crippen molar-refractivity contribution in [3.63, 3.8) is 0 Å². The maximum atomic E-state index is 13.2. The SMILES string of the molecule is O=C(NC1(c2ccc3c(n2)CCCN3c2cc[nH+]c(C3CC3)n2)CC1)c1ccc(F)cc1. The lowest BCUT2D eigenvalue weighted by molar-refractivity contribution is -0.395. The quantitative estimate of drug-likeness (QED) is 0.668. The Labute approximate surface area is 185 Å². The summed E-state index contributed by atoms with van der Waals surface area (Å²) >= 11 is 0. The molecule has 2 N–H and O–H groups in total. The molecule has 0 spiro atoms. The van der Waals surface area contributed by atoms with Gasteiger partial charge in [0.05, 0.1) is 34.7 Å². The standard InChI is InChI=1S/C25H24FN5O/c26-18-7-5-17(6-8-18)24(32)30-25(12-13-25)21-10-9-20-19(28-21)2-1-15-31(20)22-11-14-27-23(29-22)16-3-4-16/h5-11,14,16H,1-4,12-13,15H2,(H,30,32)/p+1. The minimum Gasteiger partial charge on any atom is -0.341 e. The van der Waals surface area contributed by atoms with E-state index in [4.69, 9.17) is 9.97 Å². The minimum atomic E-state index is -0.429. The zero-order valence-electron chi connectivity index (χ0n) is 17.8. The predicted molar refractivity (Wildman–Crippen MR) is 117 cm³/mol. The smallest absolute Gasteiger partial charge is 0.301 e. The number of H-pyrrole nitrogens is 1. The van der Waals surface area contributed by atoms with Crippen molar-refractivity contribution in [2.75, 3.05) is 11.4 Å². The van der Waals surface area contributed by atoms with E-state index in [0.29, 0.717) is 11.5 Å². The molecule has 3 aliphatic rings. The molecule has 7 heteroatoms. The van der Waals surface area contributed by atoms with Gasteiger partial charge in [-0.25, -0.2) is 9.37 Å². The Bertz CT molecular complexity index is 1190. The molecule has 2 saturated carbocycles. The molecule has 6 nitrogen and oxygen atoms in total. The van der Waals surface area contributed by atoms with Crippen molar-refractivity contribution >= 4 is 17.4 Å². The summed E-state index contributed by atoms with van der Waals surface area (Å²) < 4.78 is 13.2. The van der Waals surface area contributed by atoms with Gasteiger partial charge in [0.15, 0.2) is 0 Å². The van der Waals surface area contributed by atoms with Gasteiger partial charge in [0.1, 0.15) is 5.82 Å². The number of rotatable bonds is 5. The molecule has 3 heterocycles. The number of carbonyl (C=O) groups excluding carboxylic acids is 1. The average Bonchev–Trinajstić information content (AvgIpc) is 3.74. The molecule has 3 aromatic rings. The van der Waals surface area contributed by atoms with Gasteiger partial charge in [0, 0.05) is 18.2 Å². The number of carbonyl (C=O) groups is 1. The second kappa shape index (κ2) is 7.36. The molecule has 2 aromatic heterocycles. The Morgan fingerprint density at radius 1 is 1.09 bits per heavy atom. The molecule has 0 atom stereocenters. The number of fused-ring (bicyclic) bond motifs is 1. The maximum Gasteiger partial charge on any atom is 0.301 e. The van der Waals surface area contributed by atoms with E-state index in [1.165, 1.54) is 37.1 Å². The van der Waals surface area contributed by atoms with Crippen molar-refractivity contribution in [2.45, 2.75) is 50.0 Å². The number of aromatic nitrogens is 3. The lowest BCUT2D eigenvalue weighted by Crippen LogP contribution is -2.36. The van der Waals surface area contributed by atoms with E-state index >= 15 is 0 Å². The van der Waals surface area contributed by atoms with Crippen LogP contribution in [0.1, 0.15) is 65.6 Å². The first-order valence-electron chi connectivity index (χ1n) is 11.4. The number of aryl methyl sites for hydroxylation is 1. The molecule has 6 rings (SSSR count). The van der Waals surface area contributed by atoms with Crippen molar-refractivity contribution in [1.82, 2.24) is 15.3 Å². The molecule has 162 valence electrons. The van der Waals surface area contributed by atoms with E-state index in [-0.39, 0.29) is 11.7 Å². The summed E-state index contributed by atoms with van der Waals surface area (Å²) in [6, 6.07) is 11.8. The third-order valence-electron chi connectivity index (χ3n) is 6.67. The van der Waals surface area contributed by atoms with Crippen LogP contribution in [-0.4, -0.2) is 22.4 Å². The number of amides is 1. The number of anilines is 2. The number of nitrogens with zero attached hydrogens (tertiary/aromatic N) is 3. The molecular weight excluding hydrogens is 405 g/mol. The van der Waals surface area contributed by atoms with E-state index in [1.54, 1.807) is 0 Å². The number of hydrogen-bond acceptors (Lipinski definition) is 4. The molecule has 1 amide bonds.